The van der Waals surface area contributed by atoms with Crippen LogP contribution < -0.4 is 10.2 Å². The summed E-state index contributed by atoms with van der Waals surface area (Å²) in [5, 5.41) is 11.6. The molecule has 2 rings (SSSR count). The normalized spacial score (nSPS) is 11.9. The van der Waals surface area contributed by atoms with Gasteiger partial charge in [0.2, 0.25) is 0 Å². The zero-order valence-corrected chi connectivity index (χ0v) is 23.3. The SMILES string of the molecule is CC(C)OC(=O)Nc1cccc(C(F)(F)F)c1.Cc1cc(C(C)(C)C)c(N(C)C(=O)O)c(C(C)(C)C)c1. The van der Waals surface area contributed by atoms with Crippen molar-refractivity contribution in [2.75, 3.05) is 17.3 Å². The van der Waals surface area contributed by atoms with E-state index < -0.39 is 23.9 Å². The van der Waals surface area contributed by atoms with Crippen molar-refractivity contribution in [2.24, 2.45) is 0 Å². The predicted octanol–water partition coefficient (Wildman–Crippen LogP) is 8.37. The summed E-state index contributed by atoms with van der Waals surface area (Å²) in [6.45, 7) is 18.1. The molecule has 0 fully saturated rings. The number of ether oxygens (including phenoxy) is 1. The number of hydrogen-bond donors (Lipinski definition) is 2. The van der Waals surface area contributed by atoms with E-state index in [0.29, 0.717) is 0 Å². The van der Waals surface area contributed by atoms with Crippen LogP contribution in [0, 0.1) is 6.92 Å². The largest absolute Gasteiger partial charge is 0.465 e. The minimum absolute atomic E-state index is 0.0467. The van der Waals surface area contributed by atoms with Gasteiger partial charge >= 0.3 is 18.4 Å². The fourth-order valence-electron chi connectivity index (χ4n) is 3.51. The minimum Gasteiger partial charge on any atom is -0.465 e. The molecule has 206 valence electrons. The van der Waals surface area contributed by atoms with Gasteiger partial charge < -0.3 is 9.84 Å². The Balaban J connectivity index is 0.000000375. The minimum atomic E-state index is -4.43. The summed E-state index contributed by atoms with van der Waals surface area (Å²) in [4.78, 5) is 24.0. The van der Waals surface area contributed by atoms with Crippen molar-refractivity contribution in [3.63, 3.8) is 0 Å². The van der Waals surface area contributed by atoms with E-state index in [1.54, 1.807) is 20.9 Å². The number of carbonyl (C=O) groups is 2. The second kappa shape index (κ2) is 11.9. The van der Waals surface area contributed by atoms with Crippen LogP contribution in [0.5, 0.6) is 0 Å². The summed E-state index contributed by atoms with van der Waals surface area (Å²) >= 11 is 0. The highest BCUT2D eigenvalue weighted by Gasteiger charge is 2.31. The van der Waals surface area contributed by atoms with Gasteiger partial charge in [-0.1, -0.05) is 65.3 Å². The molecule has 0 atom stereocenters. The Morgan fingerprint density at radius 1 is 0.946 bits per heavy atom. The maximum absolute atomic E-state index is 12.4. The van der Waals surface area contributed by atoms with Crippen molar-refractivity contribution >= 4 is 23.6 Å². The predicted molar refractivity (Wildman–Crippen MR) is 142 cm³/mol. The van der Waals surface area contributed by atoms with Crippen LogP contribution in [-0.2, 0) is 21.7 Å². The lowest BCUT2D eigenvalue weighted by Crippen LogP contribution is -2.31. The summed E-state index contributed by atoms with van der Waals surface area (Å²) < 4.78 is 41.9. The number of anilines is 2. The summed E-state index contributed by atoms with van der Waals surface area (Å²) in [7, 11) is 1.62. The molecule has 2 aromatic carbocycles. The quantitative estimate of drug-likeness (QED) is 0.423. The molecule has 2 aromatic rings. The van der Waals surface area contributed by atoms with Crippen molar-refractivity contribution in [1.82, 2.24) is 0 Å². The number of aryl methyl sites for hydroxylation is 1. The summed E-state index contributed by atoms with van der Waals surface area (Å²) in [6, 6.07) is 8.55. The number of benzene rings is 2. The number of halogens is 3. The summed E-state index contributed by atoms with van der Waals surface area (Å²) in [6.07, 6.45) is -6.47. The molecular weight excluding hydrogens is 485 g/mol. The summed E-state index contributed by atoms with van der Waals surface area (Å²) in [5.74, 6) is 0. The van der Waals surface area contributed by atoms with Gasteiger partial charge in [-0.25, -0.2) is 9.59 Å². The number of carbonyl (C=O) groups excluding carboxylic acids is 1. The molecule has 0 heterocycles. The van der Waals surface area contributed by atoms with E-state index in [1.165, 1.54) is 22.6 Å². The van der Waals surface area contributed by atoms with Crippen molar-refractivity contribution in [1.29, 1.82) is 0 Å². The fourth-order valence-corrected chi connectivity index (χ4v) is 3.51. The van der Waals surface area contributed by atoms with Gasteiger partial charge in [0.25, 0.3) is 0 Å². The Bertz CT molecular complexity index is 1060. The van der Waals surface area contributed by atoms with Crippen molar-refractivity contribution < 1.29 is 32.6 Å². The van der Waals surface area contributed by atoms with E-state index in [4.69, 9.17) is 4.74 Å². The number of rotatable bonds is 3. The van der Waals surface area contributed by atoms with Crippen LogP contribution >= 0.6 is 0 Å². The highest BCUT2D eigenvalue weighted by atomic mass is 19.4. The number of amides is 2. The zero-order valence-electron chi connectivity index (χ0n) is 23.3. The molecule has 2 amide bonds. The van der Waals surface area contributed by atoms with Crippen LogP contribution in [0.4, 0.5) is 34.1 Å². The maximum atomic E-state index is 12.4. The van der Waals surface area contributed by atoms with Gasteiger partial charge in [-0.3, -0.25) is 10.2 Å². The van der Waals surface area contributed by atoms with E-state index in [-0.39, 0.29) is 22.6 Å². The molecule has 0 aliphatic rings. The topological polar surface area (TPSA) is 78.9 Å². The molecule has 0 radical (unpaired) electrons. The van der Waals surface area contributed by atoms with Gasteiger partial charge in [-0.2, -0.15) is 13.2 Å². The molecule has 2 N–H and O–H groups in total. The second-order valence-electron chi connectivity index (χ2n) is 11.2. The smallest absolute Gasteiger partial charge is 0.416 e. The number of nitrogens with one attached hydrogen (secondary N) is 1. The van der Waals surface area contributed by atoms with Crippen LogP contribution in [0.3, 0.4) is 0 Å². The van der Waals surface area contributed by atoms with Crippen LogP contribution in [-0.4, -0.2) is 30.4 Å². The van der Waals surface area contributed by atoms with Gasteiger partial charge in [0.15, 0.2) is 0 Å². The lowest BCUT2D eigenvalue weighted by molar-refractivity contribution is -0.137. The molecule has 0 aliphatic heterocycles. The number of alkyl halides is 3. The van der Waals surface area contributed by atoms with Crippen LogP contribution in [0.25, 0.3) is 0 Å². The van der Waals surface area contributed by atoms with Gasteiger partial charge in [0.05, 0.1) is 17.4 Å². The van der Waals surface area contributed by atoms with Crippen LogP contribution in [0.15, 0.2) is 36.4 Å². The Kier molecular flexibility index (Phi) is 10.2. The van der Waals surface area contributed by atoms with Gasteiger partial charge in [0.1, 0.15) is 0 Å². The van der Waals surface area contributed by atoms with Crippen molar-refractivity contribution in [3.8, 4) is 0 Å². The zero-order chi connectivity index (χ0) is 28.9. The molecule has 0 saturated carbocycles. The van der Waals surface area contributed by atoms with Crippen LogP contribution in [0.2, 0.25) is 0 Å². The molecule has 0 saturated heterocycles. The molecule has 0 spiro atoms. The average Bonchev–Trinajstić information content (AvgIpc) is 2.70. The first-order valence-corrected chi connectivity index (χ1v) is 11.9. The molecular formula is C28H39F3N2O4. The number of hydrogen-bond acceptors (Lipinski definition) is 3. The molecule has 6 nitrogen and oxygen atoms in total. The lowest BCUT2D eigenvalue weighted by atomic mass is 9.77. The third kappa shape index (κ3) is 9.63. The monoisotopic (exact) mass is 524 g/mol. The molecule has 0 aliphatic carbocycles. The molecule has 0 unspecified atom stereocenters. The van der Waals surface area contributed by atoms with Crippen LogP contribution in [0.1, 0.15) is 77.6 Å². The Labute approximate surface area is 217 Å². The number of carboxylic acid groups (broad SMARTS) is 1. The van der Waals surface area contributed by atoms with Gasteiger partial charge in [-0.05, 0) is 60.9 Å². The Morgan fingerprint density at radius 2 is 1.43 bits per heavy atom. The van der Waals surface area contributed by atoms with Crippen molar-refractivity contribution in [3.05, 3.63) is 58.7 Å². The maximum Gasteiger partial charge on any atom is 0.416 e. The average molecular weight is 525 g/mol. The molecule has 9 heteroatoms. The highest BCUT2D eigenvalue weighted by Crippen LogP contribution is 2.40. The van der Waals surface area contributed by atoms with Gasteiger partial charge in [0, 0.05) is 12.7 Å². The second-order valence-corrected chi connectivity index (χ2v) is 11.2. The number of nitrogens with zero attached hydrogens (tertiary/aromatic N) is 1. The molecule has 37 heavy (non-hydrogen) atoms. The van der Waals surface area contributed by atoms with E-state index in [0.717, 1.165) is 28.9 Å². The fraction of sp³-hybridized carbons (Fsp3) is 0.500. The first kappa shape index (κ1) is 31.8. The Hall–Kier alpha value is -3.23. The van der Waals surface area contributed by atoms with E-state index in [9.17, 15) is 27.9 Å². The highest BCUT2D eigenvalue weighted by molar-refractivity contribution is 5.89. The standard InChI is InChI=1S/C17H27NO2.C11H12F3NO2/c1-11-9-12(16(2,3)4)14(18(8)15(19)20)13(10-11)17(5,6)7;1-7(2)17-10(16)15-9-5-3-4-8(6-9)11(12,13)14/h9-10H,1-8H3,(H,19,20);3-7H,1-2H3,(H,15,16). The van der Waals surface area contributed by atoms with E-state index in [1.807, 2.05) is 0 Å². The molecule has 0 aromatic heterocycles. The van der Waals surface area contributed by atoms with Gasteiger partial charge in [-0.15, -0.1) is 0 Å². The first-order chi connectivity index (χ1) is 16.6. The lowest BCUT2D eigenvalue weighted by Gasteiger charge is -2.33. The van der Waals surface area contributed by atoms with E-state index in [2.05, 4.69) is 65.9 Å². The first-order valence-electron chi connectivity index (χ1n) is 11.9. The third-order valence-electron chi connectivity index (χ3n) is 5.27. The molecule has 0 bridgehead atoms. The Morgan fingerprint density at radius 3 is 1.81 bits per heavy atom. The summed E-state index contributed by atoms with van der Waals surface area (Å²) in [5.41, 5.74) is 3.16. The third-order valence-corrected chi connectivity index (χ3v) is 5.27. The van der Waals surface area contributed by atoms with Crippen molar-refractivity contribution in [2.45, 2.75) is 85.4 Å². The van der Waals surface area contributed by atoms with E-state index >= 15 is 0 Å².